The highest BCUT2D eigenvalue weighted by Gasteiger charge is 2.27. The van der Waals surface area contributed by atoms with Gasteiger partial charge in [-0.3, -0.25) is 9.69 Å². The van der Waals surface area contributed by atoms with Crippen molar-refractivity contribution in [2.45, 2.75) is 38.1 Å². The zero-order valence-corrected chi connectivity index (χ0v) is 15.2. The molecule has 1 aliphatic carbocycles. The largest absolute Gasteiger partial charge is 0.354 e. The average Bonchev–Trinajstić information content (AvgIpc) is 3.03. The molecule has 0 spiro atoms. The molecule has 134 valence electrons. The van der Waals surface area contributed by atoms with Crippen LogP contribution in [0, 0.1) is 5.92 Å². The quantitative estimate of drug-likeness (QED) is 0.897. The van der Waals surface area contributed by atoms with Crippen LogP contribution in [0.5, 0.6) is 0 Å². The zero-order chi connectivity index (χ0) is 16.9. The van der Waals surface area contributed by atoms with E-state index in [0.29, 0.717) is 0 Å². The van der Waals surface area contributed by atoms with Gasteiger partial charge in [-0.25, -0.2) is 0 Å². The van der Waals surface area contributed by atoms with E-state index in [1.165, 1.54) is 25.0 Å². The zero-order valence-electron chi connectivity index (χ0n) is 15.2. The van der Waals surface area contributed by atoms with Gasteiger partial charge >= 0.3 is 0 Å². The van der Waals surface area contributed by atoms with E-state index in [4.69, 9.17) is 0 Å². The van der Waals surface area contributed by atoms with Gasteiger partial charge in [0.15, 0.2) is 0 Å². The van der Waals surface area contributed by atoms with E-state index in [-0.39, 0.29) is 17.9 Å². The third-order valence-corrected chi connectivity index (χ3v) is 5.75. The third kappa shape index (κ3) is 4.19. The van der Waals surface area contributed by atoms with Crippen molar-refractivity contribution in [3.63, 3.8) is 0 Å². The van der Waals surface area contributed by atoms with Crippen LogP contribution in [0.2, 0.25) is 0 Å². The summed E-state index contributed by atoms with van der Waals surface area (Å²) in [5, 5.41) is 3.27. The van der Waals surface area contributed by atoms with Gasteiger partial charge in [-0.2, -0.15) is 0 Å². The lowest BCUT2D eigenvalue weighted by Crippen LogP contribution is -2.49. The molecule has 2 heterocycles. The minimum Gasteiger partial charge on any atom is -0.354 e. The van der Waals surface area contributed by atoms with Gasteiger partial charge in [0, 0.05) is 57.6 Å². The number of amides is 1. The molecule has 0 aromatic carbocycles. The van der Waals surface area contributed by atoms with Crippen LogP contribution in [-0.2, 0) is 11.8 Å². The molecule has 1 aromatic heterocycles. The third-order valence-electron chi connectivity index (χ3n) is 5.75. The Bertz CT molecular complexity index is 527. The van der Waals surface area contributed by atoms with E-state index in [9.17, 15) is 4.79 Å². The van der Waals surface area contributed by atoms with E-state index < -0.39 is 0 Å². The Morgan fingerprint density at radius 3 is 2.50 bits per heavy atom. The molecule has 1 aliphatic heterocycles. The number of carbonyl (C=O) groups excluding carboxylic acids is 1. The molecule has 5 heteroatoms. The Morgan fingerprint density at radius 1 is 1.17 bits per heavy atom. The number of likely N-dealkylation sites (N-methyl/N-ethyl adjacent to an activating group) is 1. The number of aromatic nitrogens is 1. The summed E-state index contributed by atoms with van der Waals surface area (Å²) in [6.45, 7) is 5.03. The van der Waals surface area contributed by atoms with Crippen LogP contribution in [0.4, 0.5) is 0 Å². The Morgan fingerprint density at radius 2 is 1.88 bits per heavy atom. The standard InChI is InChI=1S/C19H32N4O/c1-21-11-13-23(14-12-21)18(17-9-6-10-22(17)2)15-20-19(24)16-7-4-3-5-8-16/h6,9-10,16,18H,3-5,7-8,11-15H2,1-2H3,(H,20,24). The molecule has 0 radical (unpaired) electrons. The summed E-state index contributed by atoms with van der Waals surface area (Å²) < 4.78 is 2.19. The summed E-state index contributed by atoms with van der Waals surface area (Å²) in [7, 11) is 4.28. The first-order valence-corrected chi connectivity index (χ1v) is 9.46. The van der Waals surface area contributed by atoms with Crippen LogP contribution in [0.1, 0.15) is 43.8 Å². The van der Waals surface area contributed by atoms with Gasteiger partial charge in [0.25, 0.3) is 0 Å². The van der Waals surface area contributed by atoms with Crippen molar-refractivity contribution in [1.29, 1.82) is 0 Å². The topological polar surface area (TPSA) is 40.5 Å². The summed E-state index contributed by atoms with van der Waals surface area (Å²) >= 11 is 0. The maximum absolute atomic E-state index is 12.5. The average molecular weight is 332 g/mol. The van der Waals surface area contributed by atoms with Crippen LogP contribution in [0.15, 0.2) is 18.3 Å². The smallest absolute Gasteiger partial charge is 0.223 e. The number of hydrogen-bond acceptors (Lipinski definition) is 3. The molecule has 1 saturated heterocycles. The van der Waals surface area contributed by atoms with Gasteiger partial charge in [0.2, 0.25) is 5.91 Å². The van der Waals surface area contributed by atoms with Crippen LogP contribution in [0.25, 0.3) is 0 Å². The molecule has 1 N–H and O–H groups in total. The van der Waals surface area contributed by atoms with E-state index in [2.05, 4.69) is 52.1 Å². The fourth-order valence-electron chi connectivity index (χ4n) is 4.08. The van der Waals surface area contributed by atoms with Crippen LogP contribution in [-0.4, -0.2) is 60.0 Å². The molecule has 1 aromatic rings. The van der Waals surface area contributed by atoms with Crippen molar-refractivity contribution in [2.75, 3.05) is 39.8 Å². The Hall–Kier alpha value is -1.33. The minimum atomic E-state index is 0.236. The van der Waals surface area contributed by atoms with Gasteiger partial charge in [0.05, 0.1) is 6.04 Å². The van der Waals surface area contributed by atoms with Crippen molar-refractivity contribution < 1.29 is 4.79 Å². The Balaban J connectivity index is 1.64. The van der Waals surface area contributed by atoms with Gasteiger partial charge < -0.3 is 14.8 Å². The molecular formula is C19H32N4O. The highest BCUT2D eigenvalue weighted by molar-refractivity contribution is 5.78. The van der Waals surface area contributed by atoms with Crippen molar-refractivity contribution in [3.8, 4) is 0 Å². The van der Waals surface area contributed by atoms with Crippen molar-refractivity contribution in [1.82, 2.24) is 19.7 Å². The maximum atomic E-state index is 12.5. The molecule has 1 amide bonds. The highest BCUT2D eigenvalue weighted by atomic mass is 16.1. The lowest BCUT2D eigenvalue weighted by molar-refractivity contribution is -0.126. The van der Waals surface area contributed by atoms with Crippen molar-refractivity contribution in [3.05, 3.63) is 24.0 Å². The van der Waals surface area contributed by atoms with Gasteiger partial charge in [0.1, 0.15) is 0 Å². The highest BCUT2D eigenvalue weighted by Crippen LogP contribution is 2.25. The predicted octanol–water partition coefficient (Wildman–Crippen LogP) is 2.01. The molecule has 1 atom stereocenters. The number of nitrogens with zero attached hydrogens (tertiary/aromatic N) is 3. The van der Waals surface area contributed by atoms with Crippen LogP contribution >= 0.6 is 0 Å². The second kappa shape index (κ2) is 8.17. The van der Waals surface area contributed by atoms with E-state index in [1.807, 2.05) is 0 Å². The van der Waals surface area contributed by atoms with Crippen molar-refractivity contribution >= 4 is 5.91 Å². The molecular weight excluding hydrogens is 300 g/mol. The number of rotatable bonds is 5. The fraction of sp³-hybridized carbons (Fsp3) is 0.737. The molecule has 0 bridgehead atoms. The molecule has 2 aliphatic rings. The number of nitrogens with one attached hydrogen (secondary N) is 1. The maximum Gasteiger partial charge on any atom is 0.223 e. The van der Waals surface area contributed by atoms with Crippen molar-refractivity contribution in [2.24, 2.45) is 13.0 Å². The summed E-state index contributed by atoms with van der Waals surface area (Å²) in [5.74, 6) is 0.503. The normalized spacial score (nSPS) is 22.4. The molecule has 1 unspecified atom stereocenters. The lowest BCUT2D eigenvalue weighted by Gasteiger charge is -2.38. The number of aryl methyl sites for hydroxylation is 1. The predicted molar refractivity (Wildman–Crippen MR) is 96.8 cm³/mol. The Kier molecular flexibility index (Phi) is 5.95. The molecule has 5 nitrogen and oxygen atoms in total. The second-order valence-corrected chi connectivity index (χ2v) is 7.48. The summed E-state index contributed by atoms with van der Waals surface area (Å²) in [5.41, 5.74) is 1.29. The van der Waals surface area contributed by atoms with Gasteiger partial charge in [-0.15, -0.1) is 0 Å². The summed E-state index contributed by atoms with van der Waals surface area (Å²) in [4.78, 5) is 17.4. The minimum absolute atomic E-state index is 0.236. The molecule has 24 heavy (non-hydrogen) atoms. The first kappa shape index (κ1) is 17.5. The van der Waals surface area contributed by atoms with E-state index in [1.54, 1.807) is 0 Å². The number of carbonyl (C=O) groups is 1. The van der Waals surface area contributed by atoms with Crippen LogP contribution in [0.3, 0.4) is 0 Å². The first-order chi connectivity index (χ1) is 11.6. The van der Waals surface area contributed by atoms with Crippen LogP contribution < -0.4 is 5.32 Å². The number of piperazine rings is 1. The fourth-order valence-corrected chi connectivity index (χ4v) is 4.08. The Labute approximate surface area is 146 Å². The summed E-state index contributed by atoms with van der Waals surface area (Å²) in [6.07, 6.45) is 7.93. The van der Waals surface area contributed by atoms with E-state index >= 15 is 0 Å². The lowest BCUT2D eigenvalue weighted by atomic mass is 9.88. The molecule has 1 saturated carbocycles. The molecule has 2 fully saturated rings. The monoisotopic (exact) mass is 332 g/mol. The van der Waals surface area contributed by atoms with Gasteiger partial charge in [-0.1, -0.05) is 19.3 Å². The molecule has 3 rings (SSSR count). The SMILES string of the molecule is CN1CCN(C(CNC(=O)C2CCCCC2)c2cccn2C)CC1. The van der Waals surface area contributed by atoms with E-state index in [0.717, 1.165) is 45.6 Å². The second-order valence-electron chi connectivity index (χ2n) is 7.48. The summed E-state index contributed by atoms with van der Waals surface area (Å²) in [6, 6.07) is 4.56. The number of hydrogen-bond donors (Lipinski definition) is 1. The van der Waals surface area contributed by atoms with Gasteiger partial charge in [-0.05, 0) is 32.0 Å². The first-order valence-electron chi connectivity index (χ1n) is 9.46.